The number of morpholine rings is 1. The molecule has 20 heavy (non-hydrogen) atoms. The highest BCUT2D eigenvalue weighted by atomic mass is 32.2. The molecule has 2 N–H and O–H groups in total. The van der Waals surface area contributed by atoms with Gasteiger partial charge in [0.25, 0.3) is 0 Å². The molecular formula is C11H19N3O5S. The molecule has 0 saturated carbocycles. The first-order valence-electron chi connectivity index (χ1n) is 6.40. The first kappa shape index (κ1) is 16.9. The molecule has 1 amide bonds. The zero-order valence-corrected chi connectivity index (χ0v) is 11.9. The molecule has 9 heteroatoms. The number of rotatable bonds is 9. The second-order valence-corrected chi connectivity index (χ2v) is 5.13. The van der Waals surface area contributed by atoms with Gasteiger partial charge in [0, 0.05) is 41.8 Å². The Bertz CT molecular complexity index is 336. The Morgan fingerprint density at radius 3 is 2.70 bits per heavy atom. The lowest BCUT2D eigenvalue weighted by atomic mass is 10.2. The summed E-state index contributed by atoms with van der Waals surface area (Å²) in [5, 5.41) is 11.3. The van der Waals surface area contributed by atoms with Crippen LogP contribution in [0.5, 0.6) is 0 Å². The highest BCUT2D eigenvalue weighted by Gasteiger charge is 2.20. The van der Waals surface area contributed by atoms with Gasteiger partial charge in [0.1, 0.15) is 6.04 Å². The monoisotopic (exact) mass is 305 g/mol. The summed E-state index contributed by atoms with van der Waals surface area (Å²) < 4.78 is 7.74. The molecule has 0 bridgehead atoms. The molecule has 8 nitrogen and oxygen atoms in total. The van der Waals surface area contributed by atoms with Gasteiger partial charge >= 0.3 is 5.97 Å². The van der Waals surface area contributed by atoms with Gasteiger partial charge in [-0.25, -0.2) is 4.79 Å². The van der Waals surface area contributed by atoms with Crippen molar-refractivity contribution in [1.82, 2.24) is 10.2 Å². The van der Waals surface area contributed by atoms with Crippen LogP contribution in [-0.4, -0.2) is 66.5 Å². The van der Waals surface area contributed by atoms with Crippen molar-refractivity contribution in [1.29, 1.82) is 0 Å². The molecular weight excluding hydrogens is 286 g/mol. The molecule has 0 unspecified atom stereocenters. The van der Waals surface area contributed by atoms with Gasteiger partial charge in [-0.15, -0.1) is 4.91 Å². The first-order valence-corrected chi connectivity index (χ1v) is 7.34. The van der Waals surface area contributed by atoms with E-state index in [1.54, 1.807) is 0 Å². The number of hydrogen-bond acceptors (Lipinski definition) is 7. The lowest BCUT2D eigenvalue weighted by Crippen LogP contribution is -2.43. The van der Waals surface area contributed by atoms with Crippen molar-refractivity contribution in [3.8, 4) is 0 Å². The Morgan fingerprint density at radius 2 is 2.10 bits per heavy atom. The van der Waals surface area contributed by atoms with E-state index in [9.17, 15) is 14.5 Å². The van der Waals surface area contributed by atoms with E-state index in [-0.39, 0.29) is 18.1 Å². The second-order valence-electron chi connectivity index (χ2n) is 4.39. The molecule has 0 aliphatic carbocycles. The highest BCUT2D eigenvalue weighted by molar-refractivity contribution is 7.97. The minimum atomic E-state index is -1.16. The molecule has 0 radical (unpaired) electrons. The van der Waals surface area contributed by atoms with Crippen molar-refractivity contribution in [2.75, 3.05) is 38.6 Å². The molecule has 0 aromatic rings. The zero-order chi connectivity index (χ0) is 14.8. The summed E-state index contributed by atoms with van der Waals surface area (Å²) in [4.78, 5) is 34.7. The minimum absolute atomic E-state index is 0.0615. The summed E-state index contributed by atoms with van der Waals surface area (Å²) in [5.41, 5.74) is 0. The van der Waals surface area contributed by atoms with Crippen LogP contribution in [0.15, 0.2) is 4.58 Å². The summed E-state index contributed by atoms with van der Waals surface area (Å²) in [6.07, 6.45) is 0.928. The third kappa shape index (κ3) is 6.83. The van der Waals surface area contributed by atoms with Crippen LogP contribution in [0.3, 0.4) is 0 Å². The summed E-state index contributed by atoms with van der Waals surface area (Å²) in [7, 11) is 0. The van der Waals surface area contributed by atoms with Crippen molar-refractivity contribution in [3.63, 3.8) is 0 Å². The molecule has 0 aromatic heterocycles. The number of amides is 1. The van der Waals surface area contributed by atoms with E-state index in [1.807, 2.05) is 0 Å². The molecule has 1 saturated heterocycles. The van der Waals surface area contributed by atoms with Crippen LogP contribution in [0.1, 0.15) is 12.8 Å². The third-order valence-electron chi connectivity index (χ3n) is 2.91. The third-order valence-corrected chi connectivity index (χ3v) is 3.50. The van der Waals surface area contributed by atoms with Crippen LogP contribution in [0.4, 0.5) is 0 Å². The molecule has 114 valence electrons. The van der Waals surface area contributed by atoms with Crippen LogP contribution in [0.25, 0.3) is 0 Å². The molecule has 1 atom stereocenters. The summed E-state index contributed by atoms with van der Waals surface area (Å²) in [5.74, 6) is -1.55. The van der Waals surface area contributed by atoms with E-state index < -0.39 is 12.0 Å². The number of carboxylic acid groups (broad SMARTS) is 1. The Labute approximate surface area is 121 Å². The summed E-state index contributed by atoms with van der Waals surface area (Å²) in [6, 6.07) is -1.08. The van der Waals surface area contributed by atoms with Gasteiger partial charge in [0.05, 0.1) is 13.2 Å². The van der Waals surface area contributed by atoms with Gasteiger partial charge < -0.3 is 15.2 Å². The average Bonchev–Trinajstić information content (AvgIpc) is 2.44. The number of carbonyl (C=O) groups is 2. The average molecular weight is 305 g/mol. The van der Waals surface area contributed by atoms with Crippen LogP contribution < -0.4 is 5.32 Å². The quantitative estimate of drug-likeness (QED) is 0.459. The number of nitrogens with one attached hydrogen (secondary N) is 1. The van der Waals surface area contributed by atoms with Crippen molar-refractivity contribution >= 4 is 23.8 Å². The number of hydrogen-bond donors (Lipinski definition) is 2. The molecule has 1 aliphatic heterocycles. The highest BCUT2D eigenvalue weighted by Crippen LogP contribution is 2.05. The largest absolute Gasteiger partial charge is 0.480 e. The normalized spacial score (nSPS) is 17.4. The van der Waals surface area contributed by atoms with Gasteiger partial charge in [0.15, 0.2) is 0 Å². The van der Waals surface area contributed by atoms with Gasteiger partial charge in [0.2, 0.25) is 5.91 Å². The molecule has 1 aliphatic rings. The second kappa shape index (κ2) is 9.67. The van der Waals surface area contributed by atoms with E-state index >= 15 is 0 Å². The van der Waals surface area contributed by atoms with Crippen molar-refractivity contribution in [2.45, 2.75) is 18.9 Å². The van der Waals surface area contributed by atoms with Crippen LogP contribution in [0.2, 0.25) is 0 Å². The van der Waals surface area contributed by atoms with E-state index in [4.69, 9.17) is 9.84 Å². The van der Waals surface area contributed by atoms with Crippen molar-refractivity contribution in [2.24, 2.45) is 4.58 Å². The molecule has 1 heterocycles. The Hall–Kier alpha value is -1.19. The fourth-order valence-electron chi connectivity index (χ4n) is 1.83. The maximum absolute atomic E-state index is 11.6. The van der Waals surface area contributed by atoms with E-state index in [0.717, 1.165) is 19.6 Å². The smallest absolute Gasteiger partial charge is 0.327 e. The molecule has 0 aromatic carbocycles. The Balaban J connectivity index is 2.19. The summed E-state index contributed by atoms with van der Waals surface area (Å²) in [6.45, 7) is 3.94. The maximum atomic E-state index is 11.6. The summed E-state index contributed by atoms with van der Waals surface area (Å²) >= 11 is 0.585. The number of nitrogens with zero attached hydrogens (tertiary/aromatic N) is 2. The number of carbonyl (C=O) groups excluding carboxylic acids is 1. The topological polar surface area (TPSA) is 108 Å². The lowest BCUT2D eigenvalue weighted by molar-refractivity contribution is -0.141. The molecule has 1 rings (SSSR count). The van der Waals surface area contributed by atoms with Crippen LogP contribution >= 0.6 is 11.9 Å². The lowest BCUT2D eigenvalue weighted by Gasteiger charge is -2.26. The first-order chi connectivity index (χ1) is 9.63. The number of nitroso groups, excluding NO2 is 1. The minimum Gasteiger partial charge on any atom is -0.480 e. The van der Waals surface area contributed by atoms with E-state index in [1.165, 1.54) is 0 Å². The van der Waals surface area contributed by atoms with Gasteiger partial charge in [-0.1, -0.05) is 0 Å². The fraction of sp³-hybridized carbons (Fsp3) is 0.818. The number of aliphatic carboxylic acids is 1. The van der Waals surface area contributed by atoms with E-state index in [0.29, 0.717) is 31.6 Å². The van der Waals surface area contributed by atoms with Gasteiger partial charge in [-0.05, 0) is 13.0 Å². The Kier molecular flexibility index (Phi) is 8.16. The fourth-order valence-corrected chi connectivity index (χ4v) is 2.27. The standard InChI is InChI=1S/C11H19N3O5S/c15-10(12-9(11(16)17)8-20-13-18)2-1-3-14-4-6-19-7-5-14/h9H,1-8H2,(H,12,15)(H,16,17)/t9-/m0/s1. The molecule has 1 fully saturated rings. The SMILES string of the molecule is O=NSC[C@H](NC(=O)CCCN1CCOCC1)C(=O)O. The Morgan fingerprint density at radius 1 is 1.40 bits per heavy atom. The number of ether oxygens (including phenoxy) is 1. The zero-order valence-electron chi connectivity index (χ0n) is 11.1. The van der Waals surface area contributed by atoms with Crippen LogP contribution in [0, 0.1) is 4.91 Å². The van der Waals surface area contributed by atoms with E-state index in [2.05, 4.69) is 14.8 Å². The molecule has 0 spiro atoms. The van der Waals surface area contributed by atoms with Crippen molar-refractivity contribution < 1.29 is 19.4 Å². The van der Waals surface area contributed by atoms with Gasteiger partial charge in [-0.2, -0.15) is 0 Å². The predicted molar refractivity (Wildman–Crippen MR) is 74.3 cm³/mol. The number of carboxylic acids is 1. The predicted octanol–water partition coefficient (Wildman–Crippen LogP) is 0.0828. The van der Waals surface area contributed by atoms with Crippen LogP contribution in [-0.2, 0) is 14.3 Å². The maximum Gasteiger partial charge on any atom is 0.327 e. The van der Waals surface area contributed by atoms with Gasteiger partial charge in [-0.3, -0.25) is 9.69 Å². The van der Waals surface area contributed by atoms with Crippen molar-refractivity contribution in [3.05, 3.63) is 4.91 Å².